The van der Waals surface area contributed by atoms with Crippen LogP contribution in [0, 0.1) is 0 Å². The van der Waals surface area contributed by atoms with Crippen molar-refractivity contribution < 1.29 is 19.1 Å². The van der Waals surface area contributed by atoms with Crippen LogP contribution in [0.1, 0.15) is 15.9 Å². The van der Waals surface area contributed by atoms with Gasteiger partial charge in [0.15, 0.2) is 0 Å². The third-order valence-corrected chi connectivity index (χ3v) is 3.09. The van der Waals surface area contributed by atoms with Crippen molar-refractivity contribution in [3.05, 3.63) is 59.7 Å². The van der Waals surface area contributed by atoms with E-state index in [0.29, 0.717) is 23.5 Å². The van der Waals surface area contributed by atoms with E-state index in [9.17, 15) is 9.59 Å². The second-order valence-corrected chi connectivity index (χ2v) is 4.78. The number of urea groups is 1. The summed E-state index contributed by atoms with van der Waals surface area (Å²) in [6, 6.07) is 13.4. The van der Waals surface area contributed by atoms with E-state index in [4.69, 9.17) is 4.74 Å². The van der Waals surface area contributed by atoms with Crippen LogP contribution in [0.3, 0.4) is 0 Å². The molecule has 0 aliphatic carbocycles. The molecule has 2 amide bonds. The summed E-state index contributed by atoms with van der Waals surface area (Å²) in [5.74, 6) is -0.419. The predicted octanol–water partition coefficient (Wildman–Crippen LogP) is 3.26. The average Bonchev–Trinajstić information content (AvgIpc) is 2.57. The van der Waals surface area contributed by atoms with E-state index < -0.39 is 5.97 Å². The second kappa shape index (κ2) is 7.95. The Kier molecular flexibility index (Phi) is 5.71. The molecule has 0 atom stereocenters. The number of benzene rings is 2. The quantitative estimate of drug-likeness (QED) is 0.831. The minimum absolute atomic E-state index is 0.365. The summed E-state index contributed by atoms with van der Waals surface area (Å²) in [6.07, 6.45) is 0. The second-order valence-electron chi connectivity index (χ2n) is 4.78. The molecule has 6 nitrogen and oxygen atoms in total. The number of ether oxygens (including phenoxy) is 2. The van der Waals surface area contributed by atoms with Crippen LogP contribution in [-0.2, 0) is 16.1 Å². The van der Waals surface area contributed by atoms with Crippen LogP contribution < -0.4 is 10.6 Å². The molecule has 0 fully saturated rings. The van der Waals surface area contributed by atoms with E-state index in [1.54, 1.807) is 43.5 Å². The number of methoxy groups -OCH3 is 2. The topological polar surface area (TPSA) is 76.7 Å². The molecule has 6 heteroatoms. The highest BCUT2D eigenvalue weighted by Gasteiger charge is 2.06. The van der Waals surface area contributed by atoms with Crippen molar-refractivity contribution in [1.29, 1.82) is 0 Å². The molecule has 0 bridgehead atoms. The summed E-state index contributed by atoms with van der Waals surface area (Å²) in [5, 5.41) is 5.41. The van der Waals surface area contributed by atoms with Gasteiger partial charge >= 0.3 is 12.0 Å². The normalized spacial score (nSPS) is 10.0. The Morgan fingerprint density at radius 3 is 1.87 bits per heavy atom. The number of carbonyl (C=O) groups excluding carboxylic acids is 2. The smallest absolute Gasteiger partial charge is 0.337 e. The Balaban J connectivity index is 1.92. The lowest BCUT2D eigenvalue weighted by Gasteiger charge is -2.09. The Morgan fingerprint density at radius 1 is 0.870 bits per heavy atom. The van der Waals surface area contributed by atoms with E-state index >= 15 is 0 Å². The summed E-state index contributed by atoms with van der Waals surface area (Å²) in [4.78, 5) is 23.3. The molecule has 0 aliphatic heterocycles. The lowest BCUT2D eigenvalue weighted by Crippen LogP contribution is -2.19. The average molecular weight is 314 g/mol. The number of nitrogens with one attached hydrogen (secondary N) is 2. The molecule has 2 aromatic rings. The molecular formula is C17H18N2O4. The van der Waals surface area contributed by atoms with Crippen LogP contribution in [0.15, 0.2) is 48.5 Å². The largest absolute Gasteiger partial charge is 0.465 e. The van der Waals surface area contributed by atoms with Crippen molar-refractivity contribution in [3.8, 4) is 0 Å². The van der Waals surface area contributed by atoms with Gasteiger partial charge in [-0.2, -0.15) is 0 Å². The highest BCUT2D eigenvalue weighted by molar-refractivity contribution is 6.00. The van der Waals surface area contributed by atoms with Gasteiger partial charge in [-0.15, -0.1) is 0 Å². The van der Waals surface area contributed by atoms with E-state index in [0.717, 1.165) is 5.56 Å². The van der Waals surface area contributed by atoms with Crippen LogP contribution in [0.4, 0.5) is 16.2 Å². The Bertz CT molecular complexity index is 666. The van der Waals surface area contributed by atoms with Crippen LogP contribution in [0.5, 0.6) is 0 Å². The van der Waals surface area contributed by atoms with Crippen molar-refractivity contribution in [2.45, 2.75) is 6.61 Å². The molecule has 0 unspecified atom stereocenters. The van der Waals surface area contributed by atoms with Gasteiger partial charge in [-0.3, -0.25) is 0 Å². The van der Waals surface area contributed by atoms with Gasteiger partial charge in [-0.25, -0.2) is 9.59 Å². The number of hydrogen-bond donors (Lipinski definition) is 2. The lowest BCUT2D eigenvalue weighted by atomic mass is 10.2. The first kappa shape index (κ1) is 16.5. The molecule has 0 radical (unpaired) electrons. The number of carbonyl (C=O) groups is 2. The van der Waals surface area contributed by atoms with Gasteiger partial charge in [0.25, 0.3) is 0 Å². The SMILES string of the molecule is COCc1ccc(NC(=O)Nc2ccc(C(=O)OC)cc2)cc1. The van der Waals surface area contributed by atoms with Crippen molar-refractivity contribution in [1.82, 2.24) is 0 Å². The van der Waals surface area contributed by atoms with E-state index in [2.05, 4.69) is 15.4 Å². The van der Waals surface area contributed by atoms with Crippen LogP contribution in [-0.4, -0.2) is 26.2 Å². The van der Waals surface area contributed by atoms with E-state index in [1.165, 1.54) is 7.11 Å². The van der Waals surface area contributed by atoms with Gasteiger partial charge in [0.1, 0.15) is 0 Å². The molecule has 120 valence electrons. The number of hydrogen-bond acceptors (Lipinski definition) is 4. The van der Waals surface area contributed by atoms with Gasteiger partial charge in [-0.1, -0.05) is 12.1 Å². The fraction of sp³-hybridized carbons (Fsp3) is 0.176. The monoisotopic (exact) mass is 314 g/mol. The molecule has 0 saturated carbocycles. The molecule has 0 aromatic heterocycles. The number of rotatable bonds is 5. The van der Waals surface area contributed by atoms with Gasteiger partial charge in [0.2, 0.25) is 0 Å². The van der Waals surface area contributed by atoms with E-state index in [1.807, 2.05) is 12.1 Å². The zero-order valence-corrected chi connectivity index (χ0v) is 13.0. The summed E-state index contributed by atoms with van der Waals surface area (Å²) in [6.45, 7) is 0.527. The first-order valence-electron chi connectivity index (χ1n) is 6.96. The minimum atomic E-state index is -0.419. The van der Waals surface area contributed by atoms with Crippen LogP contribution in [0.2, 0.25) is 0 Å². The molecule has 2 aromatic carbocycles. The molecule has 0 spiro atoms. The van der Waals surface area contributed by atoms with Gasteiger partial charge in [0.05, 0.1) is 19.3 Å². The maximum atomic E-state index is 11.9. The summed E-state index contributed by atoms with van der Waals surface area (Å²) in [7, 11) is 2.95. The predicted molar refractivity (Wildman–Crippen MR) is 87.6 cm³/mol. The van der Waals surface area contributed by atoms with E-state index in [-0.39, 0.29) is 6.03 Å². The number of esters is 1. The number of anilines is 2. The first-order chi connectivity index (χ1) is 11.1. The fourth-order valence-electron chi connectivity index (χ4n) is 1.95. The first-order valence-corrected chi connectivity index (χ1v) is 6.96. The zero-order chi connectivity index (χ0) is 16.7. The summed E-state index contributed by atoms with van der Waals surface area (Å²) < 4.78 is 9.65. The molecular weight excluding hydrogens is 296 g/mol. The van der Waals surface area contributed by atoms with Crippen molar-refractivity contribution in [2.24, 2.45) is 0 Å². The Hall–Kier alpha value is -2.86. The molecule has 23 heavy (non-hydrogen) atoms. The van der Waals surface area contributed by atoms with Gasteiger partial charge in [-0.05, 0) is 42.0 Å². The summed E-state index contributed by atoms with van der Waals surface area (Å²) in [5.41, 5.74) is 2.70. The Labute approximate surface area is 134 Å². The van der Waals surface area contributed by atoms with Gasteiger partial charge < -0.3 is 20.1 Å². The zero-order valence-electron chi connectivity index (χ0n) is 13.0. The highest BCUT2D eigenvalue weighted by Crippen LogP contribution is 2.13. The van der Waals surface area contributed by atoms with Crippen LogP contribution in [0.25, 0.3) is 0 Å². The highest BCUT2D eigenvalue weighted by atomic mass is 16.5. The molecule has 2 N–H and O–H groups in total. The van der Waals surface area contributed by atoms with Crippen molar-refractivity contribution in [2.75, 3.05) is 24.9 Å². The number of amides is 2. The standard InChI is InChI=1S/C17H18N2O4/c1-22-11-12-3-7-14(8-4-12)18-17(21)19-15-9-5-13(6-10-15)16(20)23-2/h3-10H,11H2,1-2H3,(H2,18,19,21). The van der Waals surface area contributed by atoms with Gasteiger partial charge in [0, 0.05) is 18.5 Å². The van der Waals surface area contributed by atoms with Crippen LogP contribution >= 0.6 is 0 Å². The fourth-order valence-corrected chi connectivity index (χ4v) is 1.95. The third-order valence-electron chi connectivity index (χ3n) is 3.09. The maximum absolute atomic E-state index is 11.9. The molecule has 0 heterocycles. The summed E-state index contributed by atoms with van der Waals surface area (Å²) >= 11 is 0. The Morgan fingerprint density at radius 2 is 1.39 bits per heavy atom. The minimum Gasteiger partial charge on any atom is -0.465 e. The maximum Gasteiger partial charge on any atom is 0.337 e. The van der Waals surface area contributed by atoms with Crippen molar-refractivity contribution >= 4 is 23.4 Å². The molecule has 2 rings (SSSR count). The third kappa shape index (κ3) is 4.82. The lowest BCUT2D eigenvalue weighted by molar-refractivity contribution is 0.0601. The van der Waals surface area contributed by atoms with Crippen molar-refractivity contribution in [3.63, 3.8) is 0 Å². The molecule has 0 aliphatic rings. The molecule has 0 saturated heterocycles.